The molecule has 0 spiro atoms. The number of nitrogens with zero attached hydrogens (tertiary/aromatic N) is 2. The maximum atomic E-state index is 12.0. The van der Waals surface area contributed by atoms with E-state index >= 15 is 0 Å². The second kappa shape index (κ2) is 9.63. The van der Waals surface area contributed by atoms with Gasteiger partial charge in [0.2, 0.25) is 11.8 Å². The lowest BCUT2D eigenvalue weighted by Crippen LogP contribution is -2.50. The molecule has 0 aliphatic carbocycles. The van der Waals surface area contributed by atoms with E-state index < -0.39 is 0 Å². The monoisotopic (exact) mass is 366 g/mol. The van der Waals surface area contributed by atoms with Crippen LogP contribution in [0.5, 0.6) is 0 Å². The Labute approximate surface area is 154 Å². The van der Waals surface area contributed by atoms with Gasteiger partial charge in [0.1, 0.15) is 0 Å². The molecule has 0 saturated carbocycles. The molecule has 2 amide bonds. The van der Waals surface area contributed by atoms with Crippen LogP contribution in [-0.2, 0) is 9.59 Å². The van der Waals surface area contributed by atoms with Crippen molar-refractivity contribution in [2.24, 2.45) is 0 Å². The van der Waals surface area contributed by atoms with Crippen molar-refractivity contribution in [2.45, 2.75) is 20.3 Å². The number of anilines is 1. The van der Waals surface area contributed by atoms with Gasteiger partial charge in [0.15, 0.2) is 0 Å². The molecule has 25 heavy (non-hydrogen) atoms. The van der Waals surface area contributed by atoms with Gasteiger partial charge in [-0.3, -0.25) is 14.5 Å². The van der Waals surface area contributed by atoms with E-state index in [2.05, 4.69) is 27.4 Å². The van der Waals surface area contributed by atoms with Gasteiger partial charge in [-0.15, -0.1) is 0 Å². The Balaban J connectivity index is 1.74. The van der Waals surface area contributed by atoms with Gasteiger partial charge in [-0.2, -0.15) is 0 Å². The number of carbonyl (C=O) groups is 2. The lowest BCUT2D eigenvalue weighted by Gasteiger charge is -2.36. The minimum Gasteiger partial charge on any atom is -0.369 e. The summed E-state index contributed by atoms with van der Waals surface area (Å²) >= 11 is 6.10. The van der Waals surface area contributed by atoms with E-state index in [9.17, 15) is 9.59 Å². The topological polar surface area (TPSA) is 64.7 Å². The lowest BCUT2D eigenvalue weighted by molar-refractivity contribution is -0.126. The summed E-state index contributed by atoms with van der Waals surface area (Å²) in [6.45, 7) is 8.39. The summed E-state index contributed by atoms with van der Waals surface area (Å²) in [4.78, 5) is 27.9. The smallest absolute Gasteiger partial charge is 0.239 e. The van der Waals surface area contributed by atoms with Gasteiger partial charge in [0, 0.05) is 43.4 Å². The van der Waals surface area contributed by atoms with Crippen LogP contribution >= 0.6 is 11.6 Å². The van der Waals surface area contributed by atoms with Gasteiger partial charge in [0.05, 0.1) is 13.1 Å². The highest BCUT2D eigenvalue weighted by Crippen LogP contribution is 2.25. The molecule has 1 fully saturated rings. The maximum Gasteiger partial charge on any atom is 0.239 e. The van der Waals surface area contributed by atoms with E-state index in [-0.39, 0.29) is 18.4 Å². The number of nitrogens with one attached hydrogen (secondary N) is 2. The third-order valence-electron chi connectivity index (χ3n) is 4.27. The Kier molecular flexibility index (Phi) is 7.52. The largest absolute Gasteiger partial charge is 0.369 e. The fourth-order valence-electron chi connectivity index (χ4n) is 2.83. The standard InChI is InChI=1S/C18H27ClN4O2/c1-3-6-20-17(24)12-21-18(25)13-22-7-9-23(10-8-22)16-11-15(19)5-4-14(16)2/h4-5,11H,3,6-10,12-13H2,1-2H3,(H,20,24)(H,21,25). The highest BCUT2D eigenvalue weighted by atomic mass is 35.5. The molecule has 1 saturated heterocycles. The SMILES string of the molecule is CCCNC(=O)CNC(=O)CN1CCN(c2cc(Cl)ccc2C)CC1. The first-order chi connectivity index (χ1) is 12.0. The molecular weight excluding hydrogens is 340 g/mol. The normalized spacial score (nSPS) is 15.1. The van der Waals surface area contributed by atoms with Crippen LogP contribution in [-0.4, -0.2) is 62.5 Å². The third-order valence-corrected chi connectivity index (χ3v) is 4.50. The number of halogens is 1. The van der Waals surface area contributed by atoms with Gasteiger partial charge in [-0.25, -0.2) is 0 Å². The number of piperazine rings is 1. The fraction of sp³-hybridized carbons (Fsp3) is 0.556. The Morgan fingerprint density at radius 2 is 1.84 bits per heavy atom. The van der Waals surface area contributed by atoms with Crippen LogP contribution < -0.4 is 15.5 Å². The van der Waals surface area contributed by atoms with Crippen LogP contribution in [0.4, 0.5) is 5.69 Å². The molecule has 6 nitrogen and oxygen atoms in total. The Bertz CT molecular complexity index is 601. The van der Waals surface area contributed by atoms with E-state index in [0.717, 1.165) is 43.3 Å². The van der Waals surface area contributed by atoms with Crippen LogP contribution in [0.15, 0.2) is 18.2 Å². The summed E-state index contributed by atoms with van der Waals surface area (Å²) in [5.41, 5.74) is 2.36. The molecule has 0 bridgehead atoms. The summed E-state index contributed by atoms with van der Waals surface area (Å²) in [6.07, 6.45) is 0.885. The van der Waals surface area contributed by atoms with Crippen molar-refractivity contribution >= 4 is 29.1 Å². The molecule has 138 valence electrons. The zero-order valence-electron chi connectivity index (χ0n) is 15.0. The van der Waals surface area contributed by atoms with Gasteiger partial charge >= 0.3 is 0 Å². The van der Waals surface area contributed by atoms with Crippen molar-refractivity contribution in [1.29, 1.82) is 0 Å². The van der Waals surface area contributed by atoms with Crippen LogP contribution in [0.3, 0.4) is 0 Å². The summed E-state index contributed by atoms with van der Waals surface area (Å²) in [6, 6.07) is 5.92. The van der Waals surface area contributed by atoms with Gasteiger partial charge < -0.3 is 15.5 Å². The molecule has 0 atom stereocenters. The van der Waals surface area contributed by atoms with Gasteiger partial charge in [-0.1, -0.05) is 24.6 Å². The summed E-state index contributed by atoms with van der Waals surface area (Å²) in [7, 11) is 0. The molecular formula is C18H27ClN4O2. The van der Waals surface area contributed by atoms with Gasteiger partial charge in [0.25, 0.3) is 0 Å². The van der Waals surface area contributed by atoms with E-state index in [1.54, 1.807) is 0 Å². The predicted molar refractivity (Wildman–Crippen MR) is 101 cm³/mol. The Hall–Kier alpha value is -1.79. The molecule has 0 aromatic heterocycles. The van der Waals surface area contributed by atoms with E-state index in [1.807, 2.05) is 25.1 Å². The zero-order chi connectivity index (χ0) is 18.2. The minimum atomic E-state index is -0.142. The molecule has 2 rings (SSSR count). The average molecular weight is 367 g/mol. The second-order valence-corrected chi connectivity index (χ2v) is 6.76. The fourth-order valence-corrected chi connectivity index (χ4v) is 3.00. The molecule has 7 heteroatoms. The van der Waals surface area contributed by atoms with Crippen LogP contribution in [0.25, 0.3) is 0 Å². The number of rotatable bonds is 7. The molecule has 1 aromatic rings. The summed E-state index contributed by atoms with van der Waals surface area (Å²) in [5.74, 6) is -0.254. The van der Waals surface area contributed by atoms with Crippen LogP contribution in [0, 0.1) is 6.92 Å². The number of benzene rings is 1. The first-order valence-electron chi connectivity index (χ1n) is 8.76. The highest BCUT2D eigenvalue weighted by molar-refractivity contribution is 6.30. The Morgan fingerprint density at radius 3 is 2.52 bits per heavy atom. The van der Waals surface area contributed by atoms with Crippen molar-refractivity contribution in [3.63, 3.8) is 0 Å². The van der Waals surface area contributed by atoms with E-state index in [4.69, 9.17) is 11.6 Å². The number of aryl methyl sites for hydroxylation is 1. The van der Waals surface area contributed by atoms with Crippen molar-refractivity contribution in [2.75, 3.05) is 50.7 Å². The van der Waals surface area contributed by atoms with Crippen LogP contribution in [0.1, 0.15) is 18.9 Å². The Morgan fingerprint density at radius 1 is 1.12 bits per heavy atom. The molecule has 0 radical (unpaired) electrons. The predicted octanol–water partition coefficient (Wildman–Crippen LogP) is 1.41. The van der Waals surface area contributed by atoms with Crippen molar-refractivity contribution in [3.8, 4) is 0 Å². The minimum absolute atomic E-state index is 0.0422. The summed E-state index contributed by atoms with van der Waals surface area (Å²) in [5, 5.41) is 6.15. The second-order valence-electron chi connectivity index (χ2n) is 6.32. The van der Waals surface area contributed by atoms with Crippen molar-refractivity contribution < 1.29 is 9.59 Å². The van der Waals surface area contributed by atoms with E-state index in [1.165, 1.54) is 5.56 Å². The van der Waals surface area contributed by atoms with Gasteiger partial charge in [-0.05, 0) is 31.0 Å². The maximum absolute atomic E-state index is 12.0. The zero-order valence-corrected chi connectivity index (χ0v) is 15.7. The van der Waals surface area contributed by atoms with Crippen molar-refractivity contribution in [3.05, 3.63) is 28.8 Å². The molecule has 0 unspecified atom stereocenters. The lowest BCUT2D eigenvalue weighted by atomic mass is 10.1. The number of hydrogen-bond acceptors (Lipinski definition) is 4. The van der Waals surface area contributed by atoms with Crippen LogP contribution in [0.2, 0.25) is 5.02 Å². The van der Waals surface area contributed by atoms with E-state index in [0.29, 0.717) is 13.1 Å². The summed E-state index contributed by atoms with van der Waals surface area (Å²) < 4.78 is 0. The molecule has 2 N–H and O–H groups in total. The number of amides is 2. The highest BCUT2D eigenvalue weighted by Gasteiger charge is 2.20. The number of hydrogen-bond donors (Lipinski definition) is 2. The molecule has 1 aliphatic rings. The first kappa shape index (κ1) is 19.5. The van der Waals surface area contributed by atoms with Crippen molar-refractivity contribution in [1.82, 2.24) is 15.5 Å². The molecule has 1 aromatic carbocycles. The quantitative estimate of drug-likeness (QED) is 0.766. The molecule has 1 heterocycles. The molecule has 1 aliphatic heterocycles. The number of carbonyl (C=O) groups excluding carboxylic acids is 2. The average Bonchev–Trinajstić information content (AvgIpc) is 2.61. The first-order valence-corrected chi connectivity index (χ1v) is 9.14. The third kappa shape index (κ3) is 6.21.